The monoisotopic (exact) mass is 370 g/mol. The van der Waals surface area contributed by atoms with Crippen LogP contribution in [0.2, 0.25) is 0 Å². The van der Waals surface area contributed by atoms with E-state index in [0.29, 0.717) is 5.92 Å². The lowest BCUT2D eigenvalue weighted by Gasteiger charge is -2.31. The molecule has 0 N–H and O–H groups in total. The normalized spacial score (nSPS) is 18.3. The smallest absolute Gasteiger partial charge is 0.180 e. The van der Waals surface area contributed by atoms with Gasteiger partial charge in [-0.1, -0.05) is 16.6 Å². The quantitative estimate of drug-likeness (QED) is 0.682. The summed E-state index contributed by atoms with van der Waals surface area (Å²) >= 11 is 1.39. The molecule has 1 aliphatic rings. The van der Waals surface area contributed by atoms with Crippen LogP contribution < -0.4 is 0 Å². The van der Waals surface area contributed by atoms with Gasteiger partial charge in [0.05, 0.1) is 11.4 Å². The van der Waals surface area contributed by atoms with Gasteiger partial charge in [0, 0.05) is 49.5 Å². The van der Waals surface area contributed by atoms with Crippen LogP contribution in [0.4, 0.5) is 0 Å². The van der Waals surface area contributed by atoms with Crippen molar-refractivity contribution in [3.05, 3.63) is 41.2 Å². The third-order valence-electron chi connectivity index (χ3n) is 4.74. The number of nitrogens with zero attached hydrogens (tertiary/aromatic N) is 6. The molecular formula is C18H22N6OS. The van der Waals surface area contributed by atoms with Crippen molar-refractivity contribution in [2.45, 2.75) is 45.6 Å². The highest BCUT2D eigenvalue weighted by atomic mass is 32.1. The van der Waals surface area contributed by atoms with E-state index in [2.05, 4.69) is 36.5 Å². The Kier molecular flexibility index (Phi) is 5.03. The van der Waals surface area contributed by atoms with Crippen LogP contribution >= 0.6 is 11.5 Å². The van der Waals surface area contributed by atoms with Gasteiger partial charge in [-0.05, 0) is 37.8 Å². The molecule has 26 heavy (non-hydrogen) atoms. The van der Waals surface area contributed by atoms with Crippen LogP contribution in [0.25, 0.3) is 10.6 Å². The number of piperidine rings is 1. The van der Waals surface area contributed by atoms with Gasteiger partial charge < -0.3 is 4.52 Å². The number of rotatable bonds is 5. The largest absolute Gasteiger partial charge is 0.355 e. The van der Waals surface area contributed by atoms with Crippen molar-refractivity contribution in [1.82, 2.24) is 29.6 Å². The SMILES string of the molecule is CCc1ncc(CN2CCCC(c3nnsc3-c3cc(C)no3)C2)cn1. The lowest BCUT2D eigenvalue weighted by Crippen LogP contribution is -2.34. The maximum atomic E-state index is 5.43. The van der Waals surface area contributed by atoms with Crippen LogP contribution in [0, 0.1) is 6.92 Å². The van der Waals surface area contributed by atoms with Crippen molar-refractivity contribution in [2.75, 3.05) is 13.1 Å². The molecule has 3 aromatic heterocycles. The van der Waals surface area contributed by atoms with E-state index in [4.69, 9.17) is 4.52 Å². The molecule has 1 fully saturated rings. The topological polar surface area (TPSA) is 80.8 Å². The maximum absolute atomic E-state index is 5.43. The van der Waals surface area contributed by atoms with Crippen molar-refractivity contribution < 1.29 is 4.52 Å². The molecule has 1 atom stereocenters. The van der Waals surface area contributed by atoms with Crippen LogP contribution in [-0.2, 0) is 13.0 Å². The van der Waals surface area contributed by atoms with Gasteiger partial charge in [-0.15, -0.1) is 5.10 Å². The van der Waals surface area contributed by atoms with Gasteiger partial charge in [-0.25, -0.2) is 9.97 Å². The molecule has 4 heterocycles. The van der Waals surface area contributed by atoms with Gasteiger partial charge in [0.2, 0.25) is 0 Å². The predicted molar refractivity (Wildman–Crippen MR) is 98.8 cm³/mol. The highest BCUT2D eigenvalue weighted by Crippen LogP contribution is 2.35. The first kappa shape index (κ1) is 17.2. The van der Waals surface area contributed by atoms with Gasteiger partial charge in [0.15, 0.2) is 5.76 Å². The zero-order valence-electron chi connectivity index (χ0n) is 15.1. The minimum atomic E-state index is 0.360. The molecule has 0 radical (unpaired) electrons. The fourth-order valence-electron chi connectivity index (χ4n) is 3.43. The van der Waals surface area contributed by atoms with Crippen molar-refractivity contribution in [3.63, 3.8) is 0 Å². The summed E-state index contributed by atoms with van der Waals surface area (Å²) in [5.74, 6) is 2.03. The Morgan fingerprint density at radius 1 is 1.31 bits per heavy atom. The Balaban J connectivity index is 1.48. The Bertz CT molecular complexity index is 859. The van der Waals surface area contributed by atoms with Crippen LogP contribution in [0.3, 0.4) is 0 Å². The minimum Gasteiger partial charge on any atom is -0.355 e. The van der Waals surface area contributed by atoms with Gasteiger partial charge in [-0.2, -0.15) is 0 Å². The summed E-state index contributed by atoms with van der Waals surface area (Å²) < 4.78 is 9.61. The molecular weight excluding hydrogens is 348 g/mol. The van der Waals surface area contributed by atoms with Crippen LogP contribution in [0.5, 0.6) is 0 Å². The Morgan fingerprint density at radius 2 is 2.15 bits per heavy atom. The van der Waals surface area contributed by atoms with Crippen molar-refractivity contribution in [3.8, 4) is 10.6 Å². The van der Waals surface area contributed by atoms with E-state index in [9.17, 15) is 0 Å². The molecule has 3 aromatic rings. The molecule has 1 aliphatic heterocycles. The predicted octanol–water partition coefficient (Wildman–Crippen LogP) is 3.23. The summed E-state index contributed by atoms with van der Waals surface area (Å²) in [6.45, 7) is 6.91. The average Bonchev–Trinajstić information content (AvgIpc) is 3.31. The van der Waals surface area contributed by atoms with Crippen LogP contribution in [-0.4, -0.2) is 42.7 Å². The van der Waals surface area contributed by atoms with E-state index >= 15 is 0 Å². The van der Waals surface area contributed by atoms with E-state index in [-0.39, 0.29) is 0 Å². The second-order valence-electron chi connectivity index (χ2n) is 6.76. The van der Waals surface area contributed by atoms with Crippen LogP contribution in [0.15, 0.2) is 23.0 Å². The maximum Gasteiger partial charge on any atom is 0.180 e. The van der Waals surface area contributed by atoms with Gasteiger partial charge in [-0.3, -0.25) is 4.90 Å². The van der Waals surface area contributed by atoms with E-state index in [1.54, 1.807) is 0 Å². The fourth-order valence-corrected chi connectivity index (χ4v) is 4.13. The number of hydrogen-bond acceptors (Lipinski definition) is 8. The van der Waals surface area contributed by atoms with Crippen molar-refractivity contribution in [2.24, 2.45) is 0 Å². The summed E-state index contributed by atoms with van der Waals surface area (Å²) in [7, 11) is 0. The third kappa shape index (κ3) is 3.66. The summed E-state index contributed by atoms with van der Waals surface area (Å²) in [6, 6.07) is 1.95. The summed E-state index contributed by atoms with van der Waals surface area (Å²) in [6.07, 6.45) is 7.02. The summed E-state index contributed by atoms with van der Waals surface area (Å²) in [5.41, 5.74) is 3.07. The Morgan fingerprint density at radius 3 is 2.88 bits per heavy atom. The zero-order valence-corrected chi connectivity index (χ0v) is 15.9. The first-order valence-corrected chi connectivity index (χ1v) is 9.78. The number of aromatic nitrogens is 5. The van der Waals surface area contributed by atoms with Gasteiger partial charge >= 0.3 is 0 Å². The fraction of sp³-hybridized carbons (Fsp3) is 0.500. The van der Waals surface area contributed by atoms with E-state index in [0.717, 1.165) is 72.3 Å². The summed E-state index contributed by atoms with van der Waals surface area (Å²) in [5, 5.41) is 8.41. The number of aryl methyl sites for hydroxylation is 2. The highest BCUT2D eigenvalue weighted by molar-refractivity contribution is 7.09. The molecule has 0 bridgehead atoms. The Hall–Kier alpha value is -2.19. The first-order valence-electron chi connectivity index (χ1n) is 9.01. The second kappa shape index (κ2) is 7.59. The van der Waals surface area contributed by atoms with Crippen molar-refractivity contribution >= 4 is 11.5 Å². The van der Waals surface area contributed by atoms with Gasteiger partial charge in [0.1, 0.15) is 10.7 Å². The van der Waals surface area contributed by atoms with Crippen LogP contribution in [0.1, 0.15) is 48.5 Å². The second-order valence-corrected chi connectivity index (χ2v) is 7.51. The number of likely N-dealkylation sites (tertiary alicyclic amines) is 1. The zero-order chi connectivity index (χ0) is 17.9. The molecule has 4 rings (SSSR count). The molecule has 1 unspecified atom stereocenters. The average molecular weight is 370 g/mol. The third-order valence-corrected chi connectivity index (χ3v) is 5.49. The Labute approximate surface area is 156 Å². The molecule has 1 saturated heterocycles. The minimum absolute atomic E-state index is 0.360. The standard InChI is InChI=1S/C18H22N6OS/c1-3-16-19-8-13(9-20-16)10-24-6-4-5-14(11-24)17-18(26-23-21-17)15-7-12(2)22-25-15/h7-9,14H,3-6,10-11H2,1-2H3. The molecule has 0 aromatic carbocycles. The van der Waals surface area contributed by atoms with E-state index in [1.807, 2.05) is 25.4 Å². The van der Waals surface area contributed by atoms with Crippen molar-refractivity contribution in [1.29, 1.82) is 0 Å². The molecule has 0 amide bonds. The highest BCUT2D eigenvalue weighted by Gasteiger charge is 2.27. The van der Waals surface area contributed by atoms with Gasteiger partial charge in [0.25, 0.3) is 0 Å². The molecule has 0 saturated carbocycles. The number of hydrogen-bond donors (Lipinski definition) is 0. The molecule has 0 spiro atoms. The lowest BCUT2D eigenvalue weighted by molar-refractivity contribution is 0.198. The molecule has 8 heteroatoms. The summed E-state index contributed by atoms with van der Waals surface area (Å²) in [4.78, 5) is 12.3. The molecule has 7 nitrogen and oxygen atoms in total. The first-order chi connectivity index (χ1) is 12.7. The lowest BCUT2D eigenvalue weighted by atomic mass is 9.93. The molecule has 0 aliphatic carbocycles. The van der Waals surface area contributed by atoms with E-state index < -0.39 is 0 Å². The van der Waals surface area contributed by atoms with E-state index in [1.165, 1.54) is 11.5 Å². The molecule has 136 valence electrons.